The first-order valence-electron chi connectivity index (χ1n) is 5.28. The van der Waals surface area contributed by atoms with Crippen LogP contribution < -0.4 is 11.1 Å². The van der Waals surface area contributed by atoms with E-state index in [0.29, 0.717) is 32.0 Å². The molecule has 3 nitrogen and oxygen atoms in total. The van der Waals surface area contributed by atoms with Crippen molar-refractivity contribution in [2.75, 3.05) is 11.1 Å². The highest BCUT2D eigenvalue weighted by Crippen LogP contribution is 2.24. The molecule has 98 valence electrons. The van der Waals surface area contributed by atoms with Gasteiger partial charge in [0.1, 0.15) is 0 Å². The third-order valence-electron chi connectivity index (χ3n) is 2.38. The number of amides is 1. The van der Waals surface area contributed by atoms with Crippen molar-refractivity contribution in [2.45, 2.75) is 0 Å². The Morgan fingerprint density at radius 3 is 2.21 bits per heavy atom. The summed E-state index contributed by atoms with van der Waals surface area (Å²) in [7, 11) is 0. The number of carbonyl (C=O) groups excluding carboxylic acids is 1. The van der Waals surface area contributed by atoms with Gasteiger partial charge in [-0.3, -0.25) is 4.79 Å². The maximum Gasteiger partial charge on any atom is 0.257 e. The van der Waals surface area contributed by atoms with Gasteiger partial charge in [-0.05, 0) is 36.4 Å². The first-order chi connectivity index (χ1) is 8.95. The number of nitrogens with two attached hydrogens (primary N) is 1. The van der Waals surface area contributed by atoms with Crippen LogP contribution in [0.15, 0.2) is 36.4 Å². The van der Waals surface area contributed by atoms with Crippen molar-refractivity contribution in [3.63, 3.8) is 0 Å². The fourth-order valence-corrected chi connectivity index (χ4v) is 2.25. The molecule has 2 rings (SSSR count). The second-order valence-electron chi connectivity index (χ2n) is 3.84. The second kappa shape index (κ2) is 5.70. The molecule has 2 aromatic carbocycles. The van der Waals surface area contributed by atoms with Gasteiger partial charge in [-0.15, -0.1) is 0 Å². The number of benzene rings is 2. The van der Waals surface area contributed by atoms with E-state index in [1.165, 1.54) is 6.07 Å². The Morgan fingerprint density at radius 1 is 0.947 bits per heavy atom. The summed E-state index contributed by atoms with van der Waals surface area (Å²) < 4.78 is 0. The summed E-state index contributed by atoms with van der Waals surface area (Å²) >= 11 is 17.5. The molecule has 2 aromatic rings. The molecule has 0 aliphatic rings. The molecule has 0 saturated carbocycles. The lowest BCUT2D eigenvalue weighted by Gasteiger charge is -2.08. The van der Waals surface area contributed by atoms with E-state index in [4.69, 9.17) is 40.5 Å². The molecule has 19 heavy (non-hydrogen) atoms. The average molecular weight is 316 g/mol. The Bertz CT molecular complexity index is 624. The van der Waals surface area contributed by atoms with Gasteiger partial charge in [0.25, 0.3) is 5.91 Å². The zero-order chi connectivity index (χ0) is 14.0. The summed E-state index contributed by atoms with van der Waals surface area (Å²) in [4.78, 5) is 12.1. The smallest absolute Gasteiger partial charge is 0.257 e. The van der Waals surface area contributed by atoms with E-state index in [-0.39, 0.29) is 5.91 Å². The first kappa shape index (κ1) is 14.0. The van der Waals surface area contributed by atoms with Crippen LogP contribution in [0.4, 0.5) is 11.4 Å². The Kier molecular flexibility index (Phi) is 4.20. The van der Waals surface area contributed by atoms with Crippen LogP contribution in [-0.2, 0) is 0 Å². The third kappa shape index (κ3) is 3.53. The monoisotopic (exact) mass is 314 g/mol. The van der Waals surface area contributed by atoms with Gasteiger partial charge in [0.05, 0.1) is 5.56 Å². The second-order valence-corrected chi connectivity index (χ2v) is 5.15. The number of anilines is 2. The van der Waals surface area contributed by atoms with Gasteiger partial charge in [0, 0.05) is 26.4 Å². The van der Waals surface area contributed by atoms with Crippen molar-refractivity contribution in [2.24, 2.45) is 0 Å². The summed E-state index contributed by atoms with van der Waals surface area (Å²) in [5, 5.41) is 3.96. The van der Waals surface area contributed by atoms with Crippen LogP contribution >= 0.6 is 34.8 Å². The van der Waals surface area contributed by atoms with Gasteiger partial charge < -0.3 is 11.1 Å². The van der Waals surface area contributed by atoms with Crippen LogP contribution in [-0.4, -0.2) is 5.91 Å². The molecule has 0 spiro atoms. The van der Waals surface area contributed by atoms with Gasteiger partial charge in [-0.2, -0.15) is 0 Å². The topological polar surface area (TPSA) is 55.1 Å². The Balaban J connectivity index is 2.28. The van der Waals surface area contributed by atoms with Crippen LogP contribution in [0.2, 0.25) is 15.1 Å². The molecular weight excluding hydrogens is 307 g/mol. The number of carbonyl (C=O) groups is 1. The lowest BCUT2D eigenvalue weighted by molar-refractivity contribution is 0.102. The van der Waals surface area contributed by atoms with Crippen molar-refractivity contribution < 1.29 is 4.79 Å². The Labute approximate surface area is 125 Å². The molecule has 0 bridgehead atoms. The Hall–Kier alpha value is -1.42. The zero-order valence-electron chi connectivity index (χ0n) is 9.58. The van der Waals surface area contributed by atoms with Crippen molar-refractivity contribution in [1.29, 1.82) is 0 Å². The van der Waals surface area contributed by atoms with Gasteiger partial charge in [-0.25, -0.2) is 0 Å². The third-order valence-corrected chi connectivity index (χ3v) is 3.05. The SMILES string of the molecule is Nc1ccc(Cl)cc1C(=O)Nc1cc(Cl)cc(Cl)c1. The largest absolute Gasteiger partial charge is 0.398 e. The minimum absolute atomic E-state index is 0.295. The summed E-state index contributed by atoms with van der Waals surface area (Å²) in [5.41, 5.74) is 6.86. The maximum absolute atomic E-state index is 12.1. The van der Waals surface area contributed by atoms with E-state index < -0.39 is 0 Å². The highest BCUT2D eigenvalue weighted by Gasteiger charge is 2.11. The number of hydrogen-bond acceptors (Lipinski definition) is 2. The number of nitrogen functional groups attached to an aromatic ring is 1. The molecule has 0 atom stereocenters. The van der Waals surface area contributed by atoms with Crippen LogP contribution in [0, 0.1) is 0 Å². The predicted octanol–water partition coefficient (Wildman–Crippen LogP) is 4.48. The molecular formula is C13H9Cl3N2O. The predicted molar refractivity (Wildman–Crippen MR) is 80.3 cm³/mol. The first-order valence-corrected chi connectivity index (χ1v) is 6.41. The molecule has 3 N–H and O–H groups in total. The molecule has 0 saturated heterocycles. The molecule has 0 fully saturated rings. The minimum Gasteiger partial charge on any atom is -0.398 e. The normalized spacial score (nSPS) is 10.3. The Morgan fingerprint density at radius 2 is 1.58 bits per heavy atom. The number of rotatable bonds is 2. The highest BCUT2D eigenvalue weighted by molar-refractivity contribution is 6.35. The van der Waals surface area contributed by atoms with E-state index in [2.05, 4.69) is 5.32 Å². The fraction of sp³-hybridized carbons (Fsp3) is 0. The van der Waals surface area contributed by atoms with Gasteiger partial charge in [0.15, 0.2) is 0 Å². The van der Waals surface area contributed by atoms with Crippen LogP contribution in [0.5, 0.6) is 0 Å². The summed E-state index contributed by atoms with van der Waals surface area (Å²) in [6.45, 7) is 0. The summed E-state index contributed by atoms with van der Waals surface area (Å²) in [6, 6.07) is 9.44. The van der Waals surface area contributed by atoms with Crippen LogP contribution in [0.25, 0.3) is 0 Å². The average Bonchev–Trinajstić information content (AvgIpc) is 2.30. The molecule has 0 aliphatic heterocycles. The van der Waals surface area contributed by atoms with Crippen molar-refractivity contribution >= 4 is 52.1 Å². The van der Waals surface area contributed by atoms with E-state index >= 15 is 0 Å². The van der Waals surface area contributed by atoms with Crippen molar-refractivity contribution in [3.05, 3.63) is 57.0 Å². The highest BCUT2D eigenvalue weighted by atomic mass is 35.5. The van der Waals surface area contributed by atoms with Gasteiger partial charge in [0.2, 0.25) is 0 Å². The van der Waals surface area contributed by atoms with E-state index in [0.717, 1.165) is 0 Å². The summed E-state index contributed by atoms with van der Waals surface area (Å²) in [5.74, 6) is -0.377. The number of nitrogens with one attached hydrogen (secondary N) is 1. The lowest BCUT2D eigenvalue weighted by atomic mass is 10.1. The summed E-state index contributed by atoms with van der Waals surface area (Å²) in [6.07, 6.45) is 0. The molecule has 0 aliphatic carbocycles. The maximum atomic E-state index is 12.1. The minimum atomic E-state index is -0.377. The van der Waals surface area contributed by atoms with E-state index in [1.54, 1.807) is 30.3 Å². The molecule has 0 unspecified atom stereocenters. The quantitative estimate of drug-likeness (QED) is 0.803. The van der Waals surface area contributed by atoms with E-state index in [1.807, 2.05) is 0 Å². The van der Waals surface area contributed by atoms with Gasteiger partial charge in [-0.1, -0.05) is 34.8 Å². The molecule has 0 heterocycles. The number of halogens is 3. The molecule has 1 amide bonds. The van der Waals surface area contributed by atoms with Crippen molar-refractivity contribution in [3.8, 4) is 0 Å². The standard InChI is InChI=1S/C13H9Cl3N2O/c14-7-1-2-12(17)11(6-7)13(19)18-10-4-8(15)3-9(16)5-10/h1-6H,17H2,(H,18,19). The lowest BCUT2D eigenvalue weighted by Crippen LogP contribution is -2.14. The zero-order valence-corrected chi connectivity index (χ0v) is 11.9. The van der Waals surface area contributed by atoms with Gasteiger partial charge >= 0.3 is 0 Å². The van der Waals surface area contributed by atoms with E-state index in [9.17, 15) is 4.79 Å². The molecule has 6 heteroatoms. The molecule has 0 aromatic heterocycles. The van der Waals surface area contributed by atoms with Crippen molar-refractivity contribution in [1.82, 2.24) is 0 Å². The fourth-order valence-electron chi connectivity index (χ4n) is 1.55. The molecule has 0 radical (unpaired) electrons. The number of hydrogen-bond donors (Lipinski definition) is 2. The van der Waals surface area contributed by atoms with Crippen LogP contribution in [0.3, 0.4) is 0 Å². The van der Waals surface area contributed by atoms with Crippen LogP contribution in [0.1, 0.15) is 10.4 Å².